The number of unbranched alkanes of at least 4 members (excludes halogenated alkanes) is 1. The lowest BCUT2D eigenvalue weighted by molar-refractivity contribution is 0.309. The van der Waals surface area contributed by atoms with Gasteiger partial charge in [0.25, 0.3) is 0 Å². The number of allylic oxidation sites excluding steroid dienone is 1. The van der Waals surface area contributed by atoms with Gasteiger partial charge in [0, 0.05) is 0 Å². The molecule has 0 bridgehead atoms. The van der Waals surface area contributed by atoms with Crippen LogP contribution in [-0.4, -0.2) is 6.61 Å². The Bertz CT molecular complexity index is 304. The van der Waals surface area contributed by atoms with Gasteiger partial charge in [-0.2, -0.15) is 0 Å². The summed E-state index contributed by atoms with van der Waals surface area (Å²) in [4.78, 5) is 0. The maximum Gasteiger partial charge on any atom is 0.119 e. The molecule has 1 atom stereocenters. The molecule has 0 heterocycles. The molecular formula is C14H20O. The first-order chi connectivity index (χ1) is 7.27. The lowest BCUT2D eigenvalue weighted by Gasteiger charge is -2.10. The smallest absolute Gasteiger partial charge is 0.119 e. The molecule has 0 spiro atoms. The van der Waals surface area contributed by atoms with Crippen molar-refractivity contribution >= 4 is 0 Å². The molecular weight excluding hydrogens is 184 g/mol. The Morgan fingerprint density at radius 1 is 1.47 bits per heavy atom. The highest BCUT2D eigenvalue weighted by Gasteiger charge is 2.01. The molecule has 1 rings (SSSR count). The standard InChI is InChI=1S/C14H20O/c1-4-6-10-15-14-9-7-8-13(11-14)12(3)5-2/h5,7-9,11-12H,2,4,6,10H2,1,3H3. The van der Waals surface area contributed by atoms with E-state index in [4.69, 9.17) is 4.74 Å². The summed E-state index contributed by atoms with van der Waals surface area (Å²) >= 11 is 0. The third-order valence-electron chi connectivity index (χ3n) is 2.50. The van der Waals surface area contributed by atoms with E-state index in [0.717, 1.165) is 18.8 Å². The molecule has 0 N–H and O–H groups in total. The summed E-state index contributed by atoms with van der Waals surface area (Å²) in [5, 5.41) is 0. The van der Waals surface area contributed by atoms with Crippen molar-refractivity contribution in [2.24, 2.45) is 0 Å². The van der Waals surface area contributed by atoms with Gasteiger partial charge in [-0.1, -0.05) is 38.5 Å². The lowest BCUT2D eigenvalue weighted by atomic mass is 10.0. The minimum absolute atomic E-state index is 0.389. The van der Waals surface area contributed by atoms with Gasteiger partial charge in [0.15, 0.2) is 0 Å². The SMILES string of the molecule is C=CC(C)c1cccc(OCCCC)c1. The first-order valence-electron chi connectivity index (χ1n) is 5.63. The summed E-state index contributed by atoms with van der Waals surface area (Å²) in [6.07, 6.45) is 4.23. The van der Waals surface area contributed by atoms with Crippen molar-refractivity contribution in [3.8, 4) is 5.75 Å². The molecule has 1 nitrogen and oxygen atoms in total. The zero-order valence-electron chi connectivity index (χ0n) is 9.70. The van der Waals surface area contributed by atoms with Crippen LogP contribution in [0.15, 0.2) is 36.9 Å². The fourth-order valence-corrected chi connectivity index (χ4v) is 1.36. The Morgan fingerprint density at radius 2 is 2.27 bits per heavy atom. The second-order valence-electron chi connectivity index (χ2n) is 3.80. The van der Waals surface area contributed by atoms with Crippen LogP contribution in [0.25, 0.3) is 0 Å². The zero-order chi connectivity index (χ0) is 11.1. The van der Waals surface area contributed by atoms with Crippen LogP contribution >= 0.6 is 0 Å². The van der Waals surface area contributed by atoms with Gasteiger partial charge in [-0.25, -0.2) is 0 Å². The van der Waals surface area contributed by atoms with Crippen LogP contribution in [0.2, 0.25) is 0 Å². The average Bonchev–Trinajstić information content (AvgIpc) is 2.29. The molecule has 1 aromatic carbocycles. The highest BCUT2D eigenvalue weighted by atomic mass is 16.5. The van der Waals surface area contributed by atoms with E-state index < -0.39 is 0 Å². The van der Waals surface area contributed by atoms with Gasteiger partial charge in [-0.05, 0) is 30.0 Å². The number of rotatable bonds is 6. The first kappa shape index (κ1) is 11.8. The van der Waals surface area contributed by atoms with Crippen LogP contribution in [0.4, 0.5) is 0 Å². The number of hydrogen-bond donors (Lipinski definition) is 0. The van der Waals surface area contributed by atoms with Crippen molar-refractivity contribution < 1.29 is 4.74 Å². The molecule has 0 aliphatic carbocycles. The van der Waals surface area contributed by atoms with Gasteiger partial charge in [0.05, 0.1) is 6.61 Å². The van der Waals surface area contributed by atoms with E-state index in [0.29, 0.717) is 5.92 Å². The minimum atomic E-state index is 0.389. The minimum Gasteiger partial charge on any atom is -0.494 e. The summed E-state index contributed by atoms with van der Waals surface area (Å²) in [6, 6.07) is 8.26. The largest absolute Gasteiger partial charge is 0.494 e. The van der Waals surface area contributed by atoms with Gasteiger partial charge in [-0.3, -0.25) is 0 Å². The molecule has 0 fully saturated rings. The van der Waals surface area contributed by atoms with Crippen molar-refractivity contribution in [3.63, 3.8) is 0 Å². The molecule has 82 valence electrons. The Labute approximate surface area is 92.8 Å². The summed E-state index contributed by atoms with van der Waals surface area (Å²) in [7, 11) is 0. The molecule has 1 unspecified atom stereocenters. The second kappa shape index (κ2) is 6.28. The molecule has 1 aromatic rings. The van der Waals surface area contributed by atoms with E-state index in [9.17, 15) is 0 Å². The molecule has 0 saturated heterocycles. The van der Waals surface area contributed by atoms with Crippen molar-refractivity contribution in [1.82, 2.24) is 0 Å². The maximum absolute atomic E-state index is 5.65. The Hall–Kier alpha value is -1.24. The second-order valence-corrected chi connectivity index (χ2v) is 3.80. The van der Waals surface area contributed by atoms with E-state index in [1.807, 2.05) is 18.2 Å². The van der Waals surface area contributed by atoms with Gasteiger partial charge < -0.3 is 4.74 Å². The van der Waals surface area contributed by atoms with Gasteiger partial charge in [0.1, 0.15) is 5.75 Å². The third-order valence-corrected chi connectivity index (χ3v) is 2.50. The highest BCUT2D eigenvalue weighted by Crippen LogP contribution is 2.21. The fourth-order valence-electron chi connectivity index (χ4n) is 1.36. The van der Waals surface area contributed by atoms with Crippen molar-refractivity contribution in [2.75, 3.05) is 6.61 Å². The predicted molar refractivity (Wildman–Crippen MR) is 65.5 cm³/mol. The number of hydrogen-bond acceptors (Lipinski definition) is 1. The van der Waals surface area contributed by atoms with Gasteiger partial charge in [-0.15, -0.1) is 6.58 Å². The molecule has 0 amide bonds. The fraction of sp³-hybridized carbons (Fsp3) is 0.429. The Kier molecular flexibility index (Phi) is 4.96. The third kappa shape index (κ3) is 3.78. The molecule has 0 radical (unpaired) electrons. The van der Waals surface area contributed by atoms with Crippen LogP contribution in [0.1, 0.15) is 38.2 Å². The number of ether oxygens (including phenoxy) is 1. The van der Waals surface area contributed by atoms with Gasteiger partial charge >= 0.3 is 0 Å². The molecule has 15 heavy (non-hydrogen) atoms. The van der Waals surface area contributed by atoms with E-state index in [1.165, 1.54) is 12.0 Å². The van der Waals surface area contributed by atoms with Crippen LogP contribution in [0.3, 0.4) is 0 Å². The molecule has 0 aliphatic heterocycles. The van der Waals surface area contributed by atoms with Crippen LogP contribution in [0.5, 0.6) is 5.75 Å². The van der Waals surface area contributed by atoms with E-state index >= 15 is 0 Å². The average molecular weight is 204 g/mol. The molecule has 0 saturated carbocycles. The van der Waals surface area contributed by atoms with Crippen molar-refractivity contribution in [1.29, 1.82) is 0 Å². The summed E-state index contributed by atoms with van der Waals surface area (Å²) < 4.78 is 5.65. The predicted octanol–water partition coefficient (Wildman–Crippen LogP) is 4.16. The van der Waals surface area contributed by atoms with Crippen molar-refractivity contribution in [3.05, 3.63) is 42.5 Å². The van der Waals surface area contributed by atoms with Crippen LogP contribution in [-0.2, 0) is 0 Å². The lowest BCUT2D eigenvalue weighted by Crippen LogP contribution is -1.97. The van der Waals surface area contributed by atoms with E-state index in [1.54, 1.807) is 0 Å². The highest BCUT2D eigenvalue weighted by molar-refractivity contribution is 5.32. The quantitative estimate of drug-likeness (QED) is 0.499. The topological polar surface area (TPSA) is 9.23 Å². The zero-order valence-corrected chi connectivity index (χ0v) is 9.70. The first-order valence-corrected chi connectivity index (χ1v) is 5.63. The Morgan fingerprint density at radius 3 is 2.93 bits per heavy atom. The van der Waals surface area contributed by atoms with Crippen LogP contribution < -0.4 is 4.74 Å². The summed E-state index contributed by atoms with van der Waals surface area (Å²) in [5.41, 5.74) is 1.26. The van der Waals surface area contributed by atoms with Crippen LogP contribution in [0, 0.1) is 0 Å². The molecule has 1 heteroatoms. The monoisotopic (exact) mass is 204 g/mol. The van der Waals surface area contributed by atoms with E-state index in [2.05, 4.69) is 32.6 Å². The molecule has 0 aromatic heterocycles. The molecule has 0 aliphatic rings. The van der Waals surface area contributed by atoms with Gasteiger partial charge in [0.2, 0.25) is 0 Å². The number of benzene rings is 1. The summed E-state index contributed by atoms with van der Waals surface area (Å²) in [5.74, 6) is 1.36. The normalized spacial score (nSPS) is 12.1. The Balaban J connectivity index is 2.61. The summed E-state index contributed by atoms with van der Waals surface area (Å²) in [6.45, 7) is 8.91. The van der Waals surface area contributed by atoms with Crippen molar-refractivity contribution in [2.45, 2.75) is 32.6 Å². The van der Waals surface area contributed by atoms with E-state index in [-0.39, 0.29) is 0 Å². The maximum atomic E-state index is 5.65.